The summed E-state index contributed by atoms with van der Waals surface area (Å²) in [6, 6.07) is 35.5. The van der Waals surface area contributed by atoms with Crippen molar-refractivity contribution < 1.29 is 0 Å². The topological polar surface area (TPSA) is 53.1 Å². The summed E-state index contributed by atoms with van der Waals surface area (Å²) in [5.74, 6) is 0.709. The van der Waals surface area contributed by atoms with Crippen LogP contribution in [-0.4, -0.2) is 16.6 Å². The van der Waals surface area contributed by atoms with Crippen molar-refractivity contribution in [2.24, 2.45) is 4.99 Å². The molecule has 0 radical (unpaired) electrons. The number of aromatic nitrogens is 1. The Morgan fingerprint density at radius 2 is 1.67 bits per heavy atom. The molecule has 5 aromatic rings. The molecule has 0 saturated heterocycles. The lowest BCUT2D eigenvalue weighted by Crippen LogP contribution is -2.30. The molecule has 0 bridgehead atoms. The third-order valence-electron chi connectivity index (χ3n) is 11.0. The summed E-state index contributed by atoms with van der Waals surface area (Å²) in [5.41, 5.74) is 16.0. The van der Waals surface area contributed by atoms with Crippen LogP contribution in [0.3, 0.4) is 0 Å². The summed E-state index contributed by atoms with van der Waals surface area (Å²) in [7, 11) is 0. The van der Waals surface area contributed by atoms with Crippen LogP contribution in [0.4, 0.5) is 0 Å². The highest BCUT2D eigenvalue weighted by molar-refractivity contribution is 6.14. The lowest BCUT2D eigenvalue weighted by molar-refractivity contribution is 0.650. The van der Waals surface area contributed by atoms with Gasteiger partial charge in [0, 0.05) is 16.3 Å². The first-order valence-electron chi connectivity index (χ1n) is 19.4. The van der Waals surface area contributed by atoms with E-state index in [2.05, 4.69) is 172 Å². The monoisotopic (exact) mass is 716 g/mol. The highest BCUT2D eigenvalue weighted by atomic mass is 15.2. The van der Waals surface area contributed by atoms with Crippen molar-refractivity contribution in [2.45, 2.75) is 65.3 Å². The van der Waals surface area contributed by atoms with Crippen LogP contribution >= 0.6 is 0 Å². The zero-order chi connectivity index (χ0) is 38.5. The maximum atomic E-state index is 10.1. The van der Waals surface area contributed by atoms with Crippen LogP contribution in [0.2, 0.25) is 0 Å². The number of nitriles is 1. The van der Waals surface area contributed by atoms with Gasteiger partial charge in [-0.15, -0.1) is 0 Å². The molecule has 2 atom stereocenters. The Hall–Kier alpha value is -6.40. The molecular weight excluding hydrogens is 669 g/mol. The fraction of sp³-hybridized carbons (Fsp3) is 0.196. The number of hydrogen-bond donors (Lipinski definition) is 1. The first-order chi connectivity index (χ1) is 26.9. The van der Waals surface area contributed by atoms with Gasteiger partial charge in [0.25, 0.3) is 0 Å². The molecule has 4 aromatic carbocycles. The maximum absolute atomic E-state index is 10.1. The van der Waals surface area contributed by atoms with Gasteiger partial charge in [-0.1, -0.05) is 153 Å². The number of fused-ring (bicyclic) bond motifs is 4. The van der Waals surface area contributed by atoms with Gasteiger partial charge < -0.3 is 5.32 Å². The Balaban J connectivity index is 1.39. The third-order valence-corrected chi connectivity index (χ3v) is 11.0. The molecule has 1 N–H and O–H groups in total. The zero-order valence-corrected chi connectivity index (χ0v) is 32.5. The zero-order valence-electron chi connectivity index (χ0n) is 32.5. The smallest absolute Gasteiger partial charge is 0.209 e. The number of benzene rings is 4. The Labute approximate surface area is 325 Å². The summed E-state index contributed by atoms with van der Waals surface area (Å²) in [6.45, 7) is 15.6. The van der Waals surface area contributed by atoms with Crippen molar-refractivity contribution >= 4 is 39.0 Å². The highest BCUT2D eigenvalue weighted by Gasteiger charge is 2.46. The minimum absolute atomic E-state index is 0.389. The number of hydrogen-bond acceptors (Lipinski definition) is 3. The molecule has 7 rings (SSSR count). The van der Waals surface area contributed by atoms with Crippen LogP contribution < -0.4 is 5.32 Å². The van der Waals surface area contributed by atoms with Crippen LogP contribution in [0.1, 0.15) is 76.1 Å². The van der Waals surface area contributed by atoms with E-state index in [1.165, 1.54) is 33.1 Å². The molecule has 272 valence electrons. The second kappa shape index (κ2) is 15.9. The summed E-state index contributed by atoms with van der Waals surface area (Å²) < 4.78 is 2.22. The fourth-order valence-electron chi connectivity index (χ4n) is 8.49. The largest absolute Gasteiger partial charge is 0.319 e. The average Bonchev–Trinajstić information content (AvgIpc) is 3.56. The molecule has 1 aromatic heterocycles. The van der Waals surface area contributed by atoms with Crippen LogP contribution in [0.25, 0.3) is 33.1 Å². The van der Waals surface area contributed by atoms with E-state index in [9.17, 15) is 5.26 Å². The molecule has 4 nitrogen and oxygen atoms in total. The minimum atomic E-state index is -0.462. The van der Waals surface area contributed by atoms with Crippen molar-refractivity contribution in [2.75, 3.05) is 0 Å². The predicted molar refractivity (Wildman–Crippen MR) is 233 cm³/mol. The quantitative estimate of drug-likeness (QED) is 0.0889. The minimum Gasteiger partial charge on any atom is -0.319 e. The second-order valence-electron chi connectivity index (χ2n) is 14.3. The van der Waals surface area contributed by atoms with Gasteiger partial charge in [-0.2, -0.15) is 5.26 Å². The Morgan fingerprint density at radius 1 is 0.982 bits per heavy atom. The van der Waals surface area contributed by atoms with E-state index >= 15 is 0 Å². The van der Waals surface area contributed by atoms with E-state index in [1.807, 2.05) is 30.3 Å². The van der Waals surface area contributed by atoms with Crippen molar-refractivity contribution in [3.8, 4) is 6.07 Å². The van der Waals surface area contributed by atoms with Gasteiger partial charge in [0.15, 0.2) is 0 Å². The number of nitrogens with zero attached hydrogens (tertiary/aromatic N) is 3. The number of allylic oxidation sites excluding steroid dienone is 9. The van der Waals surface area contributed by atoms with Crippen LogP contribution in [-0.2, 0) is 5.41 Å². The molecule has 2 unspecified atom stereocenters. The number of para-hydroxylation sites is 2. The molecule has 1 aliphatic carbocycles. The van der Waals surface area contributed by atoms with Gasteiger partial charge in [-0.05, 0) is 91.8 Å². The molecule has 2 aliphatic rings. The average molecular weight is 717 g/mol. The molecular formula is C51H48N4. The van der Waals surface area contributed by atoms with Gasteiger partial charge in [0.2, 0.25) is 5.96 Å². The summed E-state index contributed by atoms with van der Waals surface area (Å²) in [5, 5.41) is 16.1. The molecule has 2 heterocycles. The van der Waals surface area contributed by atoms with Gasteiger partial charge in [0.1, 0.15) is 6.04 Å². The first kappa shape index (κ1) is 36.9. The SMILES string of the molecule is C=C(/C=C\C1=C(C)C(/C(C)=C/C=C\C)(/C(=C/CC)CCC)c2cc(C#N)ccc21)C1C=C=C(c2ccccc2)NC(n2c3ccccc3c3ccccc32)=N1. The molecule has 1 aliphatic heterocycles. The summed E-state index contributed by atoms with van der Waals surface area (Å²) in [4.78, 5) is 5.39. The third kappa shape index (κ3) is 6.58. The van der Waals surface area contributed by atoms with Crippen LogP contribution in [0.5, 0.6) is 0 Å². The molecule has 0 spiro atoms. The van der Waals surface area contributed by atoms with Crippen molar-refractivity contribution in [3.63, 3.8) is 0 Å². The van der Waals surface area contributed by atoms with Crippen LogP contribution in [0.15, 0.2) is 179 Å². The Morgan fingerprint density at radius 3 is 2.33 bits per heavy atom. The molecule has 55 heavy (non-hydrogen) atoms. The Bertz CT molecular complexity index is 2550. The van der Waals surface area contributed by atoms with E-state index in [0.717, 1.165) is 58.3 Å². The van der Waals surface area contributed by atoms with Crippen molar-refractivity contribution in [1.29, 1.82) is 5.26 Å². The summed E-state index contributed by atoms with van der Waals surface area (Å²) >= 11 is 0. The van der Waals surface area contributed by atoms with Gasteiger partial charge in [0.05, 0.1) is 33.8 Å². The maximum Gasteiger partial charge on any atom is 0.209 e. The van der Waals surface area contributed by atoms with E-state index in [4.69, 9.17) is 4.99 Å². The van der Waals surface area contributed by atoms with E-state index < -0.39 is 5.41 Å². The first-order valence-corrected chi connectivity index (χ1v) is 19.4. The predicted octanol–water partition coefficient (Wildman–Crippen LogP) is 12.5. The number of aliphatic imine (C=N–C) groups is 1. The highest BCUT2D eigenvalue weighted by Crippen LogP contribution is 2.56. The number of rotatable bonds is 10. The summed E-state index contributed by atoms with van der Waals surface area (Å²) in [6.07, 6.45) is 18.1. The molecule has 0 saturated carbocycles. The fourth-order valence-corrected chi connectivity index (χ4v) is 8.49. The molecule has 4 heteroatoms. The van der Waals surface area contributed by atoms with Crippen molar-refractivity contribution in [3.05, 3.63) is 196 Å². The van der Waals surface area contributed by atoms with E-state index in [0.29, 0.717) is 11.5 Å². The van der Waals surface area contributed by atoms with Gasteiger partial charge in [-0.3, -0.25) is 4.57 Å². The lowest BCUT2D eigenvalue weighted by atomic mass is 9.65. The lowest BCUT2D eigenvalue weighted by Gasteiger charge is -2.37. The molecule has 0 fully saturated rings. The van der Waals surface area contributed by atoms with Crippen LogP contribution in [0, 0.1) is 11.3 Å². The van der Waals surface area contributed by atoms with E-state index in [-0.39, 0.29) is 6.04 Å². The standard InChI is InChI=1S/C51H48N4/c1-7-10-20-36(5)51(40(18-8-2)19-9-3)37(6)41(42-30-28-38(34-52)33-45(42)51)29-27-35(4)46-31-32-47(39-21-12-11-13-22-39)54-50(53-46)55-48-25-16-14-23-43(48)44-24-15-17-26-49(44)55/h7,10-18,20-31,33,46H,4,8-9,19H2,1-3,5-6H3,(H,53,54)/b10-7-,29-27-,36-20+,40-18+. The van der Waals surface area contributed by atoms with E-state index in [1.54, 1.807) is 0 Å². The Kier molecular flexibility index (Phi) is 10.7. The van der Waals surface area contributed by atoms with Gasteiger partial charge >= 0.3 is 0 Å². The number of nitrogens with one attached hydrogen (secondary N) is 1. The van der Waals surface area contributed by atoms with Crippen molar-refractivity contribution in [1.82, 2.24) is 9.88 Å². The normalized spacial score (nSPS) is 18.8. The second-order valence-corrected chi connectivity index (χ2v) is 14.3. The van der Waals surface area contributed by atoms with Gasteiger partial charge in [-0.25, -0.2) is 4.99 Å². The molecule has 0 amide bonds.